The fourth-order valence-electron chi connectivity index (χ4n) is 3.95. The first-order valence-electron chi connectivity index (χ1n) is 10.4. The molecule has 1 aromatic rings. The molecule has 1 aromatic carbocycles. The van der Waals surface area contributed by atoms with Crippen molar-refractivity contribution < 1.29 is 36.2 Å². The number of carbonyl (C=O) groups is 1. The van der Waals surface area contributed by atoms with Gasteiger partial charge < -0.3 is 15.2 Å². The third kappa shape index (κ3) is 4.98. The maximum absolute atomic E-state index is 16.2. The van der Waals surface area contributed by atoms with Crippen molar-refractivity contribution in [1.29, 1.82) is 0 Å². The van der Waals surface area contributed by atoms with E-state index in [2.05, 4.69) is 0 Å². The fraction of sp³-hybridized carbons (Fsp3) is 0.522. The summed E-state index contributed by atoms with van der Waals surface area (Å²) in [4.78, 5) is 11.8. The highest BCUT2D eigenvalue weighted by molar-refractivity contribution is 5.80. The van der Waals surface area contributed by atoms with Crippen LogP contribution in [0.4, 0.5) is 22.0 Å². The predicted molar refractivity (Wildman–Crippen MR) is 109 cm³/mol. The largest absolute Gasteiger partial charge is 0.490 e. The number of benzene rings is 1. The van der Waals surface area contributed by atoms with Crippen LogP contribution in [0.3, 0.4) is 0 Å². The SMILES string of the molecule is CCOC(=O)CC(N)C1C(F)=C(C(F)(F)F)C=C(c2cc(OC3CC3)ccc2C)C1(C)F. The Morgan fingerprint density at radius 3 is 2.53 bits per heavy atom. The van der Waals surface area contributed by atoms with E-state index in [1.807, 2.05) is 0 Å². The first kappa shape index (κ1) is 24.2. The Kier molecular flexibility index (Phi) is 6.70. The molecule has 0 aliphatic heterocycles. The number of nitrogens with two attached hydrogens (primary N) is 1. The molecule has 4 nitrogen and oxygen atoms in total. The van der Waals surface area contributed by atoms with E-state index in [-0.39, 0.29) is 23.8 Å². The third-order valence-electron chi connectivity index (χ3n) is 5.70. The number of rotatable bonds is 7. The highest BCUT2D eigenvalue weighted by Crippen LogP contribution is 2.51. The Bertz CT molecular complexity index is 947. The topological polar surface area (TPSA) is 61.5 Å². The number of hydrogen-bond donors (Lipinski definition) is 1. The second kappa shape index (κ2) is 8.84. The van der Waals surface area contributed by atoms with E-state index < -0.39 is 47.6 Å². The summed E-state index contributed by atoms with van der Waals surface area (Å²) in [6.07, 6.45) is -3.46. The van der Waals surface area contributed by atoms with Crippen molar-refractivity contribution in [3.8, 4) is 5.75 Å². The first-order chi connectivity index (χ1) is 14.9. The normalized spacial score (nSPS) is 24.8. The molecule has 3 rings (SSSR count). The summed E-state index contributed by atoms with van der Waals surface area (Å²) < 4.78 is 82.8. The summed E-state index contributed by atoms with van der Waals surface area (Å²) in [5.41, 5.74) is 1.94. The lowest BCUT2D eigenvalue weighted by atomic mass is 9.70. The number of alkyl halides is 4. The van der Waals surface area contributed by atoms with E-state index in [1.54, 1.807) is 19.1 Å². The molecule has 0 radical (unpaired) electrons. The zero-order valence-electron chi connectivity index (χ0n) is 18.1. The van der Waals surface area contributed by atoms with Gasteiger partial charge in [0, 0.05) is 6.04 Å². The number of esters is 1. The molecule has 9 heteroatoms. The molecule has 2 aliphatic rings. The molecule has 176 valence electrons. The minimum absolute atomic E-state index is 0.00731. The van der Waals surface area contributed by atoms with E-state index in [1.165, 1.54) is 13.0 Å². The smallest absolute Gasteiger partial charge is 0.418 e. The van der Waals surface area contributed by atoms with Crippen molar-refractivity contribution in [2.75, 3.05) is 6.61 Å². The van der Waals surface area contributed by atoms with Crippen LogP contribution in [-0.4, -0.2) is 36.6 Å². The average Bonchev–Trinajstić information content (AvgIpc) is 3.46. The van der Waals surface area contributed by atoms with Gasteiger partial charge >= 0.3 is 12.1 Å². The Morgan fingerprint density at radius 1 is 1.31 bits per heavy atom. The van der Waals surface area contributed by atoms with Crippen molar-refractivity contribution in [3.63, 3.8) is 0 Å². The minimum Gasteiger partial charge on any atom is -0.490 e. The van der Waals surface area contributed by atoms with Crippen molar-refractivity contribution in [3.05, 3.63) is 46.8 Å². The molecule has 0 spiro atoms. The Labute approximate surface area is 183 Å². The molecular weight excluding hydrogens is 433 g/mol. The van der Waals surface area contributed by atoms with E-state index in [4.69, 9.17) is 15.2 Å². The zero-order chi connectivity index (χ0) is 23.8. The summed E-state index contributed by atoms with van der Waals surface area (Å²) in [5.74, 6) is -4.22. The molecule has 2 N–H and O–H groups in total. The summed E-state index contributed by atoms with van der Waals surface area (Å²) in [6.45, 7) is 4.14. The van der Waals surface area contributed by atoms with Crippen LogP contribution < -0.4 is 10.5 Å². The van der Waals surface area contributed by atoms with Gasteiger partial charge in [0.2, 0.25) is 0 Å². The van der Waals surface area contributed by atoms with Gasteiger partial charge in [0.25, 0.3) is 0 Å². The molecule has 1 fully saturated rings. The maximum Gasteiger partial charge on any atom is 0.418 e. The van der Waals surface area contributed by atoms with Gasteiger partial charge in [-0.05, 0) is 68.5 Å². The van der Waals surface area contributed by atoms with Crippen molar-refractivity contribution in [2.45, 2.75) is 64.0 Å². The van der Waals surface area contributed by atoms with Gasteiger partial charge in [-0.25, -0.2) is 8.78 Å². The van der Waals surface area contributed by atoms with E-state index in [9.17, 15) is 18.0 Å². The van der Waals surface area contributed by atoms with Gasteiger partial charge in [0.1, 0.15) is 17.2 Å². The van der Waals surface area contributed by atoms with E-state index in [0.717, 1.165) is 19.8 Å². The van der Waals surface area contributed by atoms with Crippen molar-refractivity contribution in [1.82, 2.24) is 0 Å². The summed E-state index contributed by atoms with van der Waals surface area (Å²) in [7, 11) is 0. The Balaban J connectivity index is 2.10. The minimum atomic E-state index is -5.08. The molecule has 3 atom stereocenters. The predicted octanol–water partition coefficient (Wildman–Crippen LogP) is 5.34. The lowest BCUT2D eigenvalue weighted by molar-refractivity contribution is -0.143. The molecule has 0 aromatic heterocycles. The van der Waals surface area contributed by atoms with Crippen LogP contribution in [0.25, 0.3) is 5.57 Å². The average molecular weight is 459 g/mol. The van der Waals surface area contributed by atoms with Crippen molar-refractivity contribution in [2.24, 2.45) is 11.7 Å². The molecule has 0 bridgehead atoms. The second-order valence-corrected chi connectivity index (χ2v) is 8.34. The van der Waals surface area contributed by atoms with E-state index in [0.29, 0.717) is 17.4 Å². The summed E-state index contributed by atoms with van der Waals surface area (Å²) in [6, 6.07) is 3.15. The first-order valence-corrected chi connectivity index (χ1v) is 10.4. The monoisotopic (exact) mass is 459 g/mol. The molecule has 32 heavy (non-hydrogen) atoms. The highest BCUT2D eigenvalue weighted by atomic mass is 19.4. The van der Waals surface area contributed by atoms with Crippen LogP contribution in [0.5, 0.6) is 5.75 Å². The lowest BCUT2D eigenvalue weighted by Gasteiger charge is -2.39. The zero-order valence-corrected chi connectivity index (χ0v) is 18.1. The van der Waals surface area contributed by atoms with Crippen LogP contribution >= 0.6 is 0 Å². The van der Waals surface area contributed by atoms with Gasteiger partial charge in [0.05, 0.1) is 30.6 Å². The van der Waals surface area contributed by atoms with Crippen molar-refractivity contribution >= 4 is 11.5 Å². The quantitative estimate of drug-likeness (QED) is 0.442. The van der Waals surface area contributed by atoms with Crippen LogP contribution in [0.2, 0.25) is 0 Å². The van der Waals surface area contributed by atoms with Crippen LogP contribution in [-0.2, 0) is 9.53 Å². The molecule has 0 heterocycles. The Hall–Kier alpha value is -2.42. The van der Waals surface area contributed by atoms with Gasteiger partial charge in [-0.15, -0.1) is 0 Å². The Morgan fingerprint density at radius 2 is 1.97 bits per heavy atom. The number of ether oxygens (including phenoxy) is 2. The third-order valence-corrected chi connectivity index (χ3v) is 5.70. The second-order valence-electron chi connectivity index (χ2n) is 8.34. The number of carbonyl (C=O) groups excluding carboxylic acids is 1. The van der Waals surface area contributed by atoms with E-state index >= 15 is 8.78 Å². The molecule has 1 saturated carbocycles. The fourth-order valence-corrected chi connectivity index (χ4v) is 3.95. The summed E-state index contributed by atoms with van der Waals surface area (Å²) in [5, 5.41) is 0. The number of halogens is 5. The molecule has 3 unspecified atom stereocenters. The number of hydrogen-bond acceptors (Lipinski definition) is 4. The highest BCUT2D eigenvalue weighted by Gasteiger charge is 2.52. The number of aryl methyl sites for hydroxylation is 1. The van der Waals surface area contributed by atoms with Crippen LogP contribution in [0.15, 0.2) is 35.7 Å². The van der Waals surface area contributed by atoms with Gasteiger partial charge in [-0.1, -0.05) is 6.07 Å². The molecule has 2 aliphatic carbocycles. The van der Waals surface area contributed by atoms with Gasteiger partial charge in [-0.3, -0.25) is 4.79 Å². The lowest BCUT2D eigenvalue weighted by Crippen LogP contribution is -2.48. The maximum atomic E-state index is 16.2. The van der Waals surface area contributed by atoms with Crippen LogP contribution in [0.1, 0.15) is 44.2 Å². The molecule has 0 saturated heterocycles. The molecular formula is C23H26F5NO3. The van der Waals surface area contributed by atoms with Crippen LogP contribution in [0, 0.1) is 12.8 Å². The summed E-state index contributed by atoms with van der Waals surface area (Å²) >= 11 is 0. The van der Waals surface area contributed by atoms with Gasteiger partial charge in [-0.2, -0.15) is 13.2 Å². The number of allylic oxidation sites excluding steroid dienone is 3. The van der Waals surface area contributed by atoms with Gasteiger partial charge in [0.15, 0.2) is 0 Å². The molecule has 0 amide bonds. The standard InChI is InChI=1S/C23H26F5NO3/c1-4-31-19(30)11-18(29)20-21(24)17(23(26,27)28)10-16(22(20,3)25)15-9-14(6-5-12(15)2)32-13-7-8-13/h5-6,9-10,13,18,20H,4,7-8,11,29H2,1-3H3.